The van der Waals surface area contributed by atoms with Gasteiger partial charge in [-0.25, -0.2) is 4.98 Å². The van der Waals surface area contributed by atoms with E-state index >= 15 is 0 Å². The molecule has 1 aromatic heterocycles. The number of aliphatic hydroxyl groups excluding tert-OH is 1. The molecule has 94 valence electrons. The van der Waals surface area contributed by atoms with Crippen LogP contribution in [0.4, 0.5) is 0 Å². The van der Waals surface area contributed by atoms with E-state index in [-0.39, 0.29) is 23.8 Å². The van der Waals surface area contributed by atoms with Crippen LogP contribution in [0, 0.1) is 5.41 Å². The standard InChI is InChI=1S/C11H18N4O2/c16-7-11(4-2-1-3-5-11)6-12-10(17)9-13-8-14-15-9/h8,16H,1-7H2,(H,12,17)(H,13,14,15). The Kier molecular flexibility index (Phi) is 3.73. The average molecular weight is 238 g/mol. The number of hydrogen-bond acceptors (Lipinski definition) is 4. The van der Waals surface area contributed by atoms with Gasteiger partial charge in [-0.2, -0.15) is 5.10 Å². The predicted octanol–water partition coefficient (Wildman–Crippen LogP) is 0.477. The molecule has 6 heteroatoms. The Morgan fingerprint density at radius 3 is 2.82 bits per heavy atom. The third-order valence-electron chi connectivity index (χ3n) is 3.50. The zero-order chi connectivity index (χ0) is 12.1. The van der Waals surface area contributed by atoms with E-state index in [0.29, 0.717) is 6.54 Å². The van der Waals surface area contributed by atoms with Crippen LogP contribution in [0.3, 0.4) is 0 Å². The highest BCUT2D eigenvalue weighted by atomic mass is 16.3. The van der Waals surface area contributed by atoms with Crippen LogP contribution >= 0.6 is 0 Å². The number of aromatic amines is 1. The van der Waals surface area contributed by atoms with Crippen LogP contribution < -0.4 is 5.32 Å². The van der Waals surface area contributed by atoms with Gasteiger partial charge < -0.3 is 10.4 Å². The number of amides is 1. The number of carbonyl (C=O) groups is 1. The molecule has 6 nitrogen and oxygen atoms in total. The normalized spacial score (nSPS) is 18.9. The van der Waals surface area contributed by atoms with Gasteiger partial charge in [-0.3, -0.25) is 9.89 Å². The lowest BCUT2D eigenvalue weighted by Gasteiger charge is -2.35. The summed E-state index contributed by atoms with van der Waals surface area (Å²) in [6.45, 7) is 0.632. The first-order chi connectivity index (χ1) is 8.26. The number of aromatic nitrogens is 3. The third-order valence-corrected chi connectivity index (χ3v) is 3.50. The summed E-state index contributed by atoms with van der Waals surface area (Å²) in [5.41, 5.74) is -0.145. The first-order valence-electron chi connectivity index (χ1n) is 6.00. The van der Waals surface area contributed by atoms with Gasteiger partial charge in [0.15, 0.2) is 0 Å². The second kappa shape index (κ2) is 5.27. The summed E-state index contributed by atoms with van der Waals surface area (Å²) in [4.78, 5) is 15.5. The van der Waals surface area contributed by atoms with Gasteiger partial charge in [-0.15, -0.1) is 0 Å². The second-order valence-corrected chi connectivity index (χ2v) is 4.74. The molecule has 3 N–H and O–H groups in total. The summed E-state index contributed by atoms with van der Waals surface area (Å²) < 4.78 is 0. The summed E-state index contributed by atoms with van der Waals surface area (Å²) in [6.07, 6.45) is 6.72. The van der Waals surface area contributed by atoms with Gasteiger partial charge in [0.1, 0.15) is 6.33 Å². The lowest BCUT2D eigenvalue weighted by Crippen LogP contribution is -2.41. The van der Waals surface area contributed by atoms with Crippen LogP contribution in [0.25, 0.3) is 0 Å². The molecule has 0 unspecified atom stereocenters. The second-order valence-electron chi connectivity index (χ2n) is 4.74. The Hall–Kier alpha value is -1.43. The molecule has 1 aliphatic rings. The van der Waals surface area contributed by atoms with Crippen molar-refractivity contribution in [3.8, 4) is 0 Å². The fourth-order valence-electron chi connectivity index (χ4n) is 2.36. The maximum Gasteiger partial charge on any atom is 0.288 e. The van der Waals surface area contributed by atoms with Crippen LogP contribution in [0.5, 0.6) is 0 Å². The Bertz CT molecular complexity index is 358. The Labute approximate surface area is 99.8 Å². The van der Waals surface area contributed by atoms with E-state index in [1.54, 1.807) is 0 Å². The number of carbonyl (C=O) groups excluding carboxylic acids is 1. The largest absolute Gasteiger partial charge is 0.396 e. The van der Waals surface area contributed by atoms with Gasteiger partial charge in [-0.1, -0.05) is 19.3 Å². The molecular formula is C11H18N4O2. The molecule has 0 aliphatic heterocycles. The summed E-state index contributed by atoms with van der Waals surface area (Å²) in [7, 11) is 0. The maximum atomic E-state index is 11.7. The SMILES string of the molecule is O=C(NCC1(CO)CCCCC1)c1ncn[nH]1. The molecule has 0 aromatic carbocycles. The zero-order valence-electron chi connectivity index (χ0n) is 9.78. The molecule has 1 aliphatic carbocycles. The molecule has 0 atom stereocenters. The topological polar surface area (TPSA) is 90.9 Å². The van der Waals surface area contributed by atoms with Crippen LogP contribution in [-0.4, -0.2) is 39.3 Å². The smallest absolute Gasteiger partial charge is 0.288 e. The van der Waals surface area contributed by atoms with Crippen molar-refractivity contribution < 1.29 is 9.90 Å². The number of H-pyrrole nitrogens is 1. The van der Waals surface area contributed by atoms with Crippen molar-refractivity contribution in [1.29, 1.82) is 0 Å². The molecule has 1 fully saturated rings. The summed E-state index contributed by atoms with van der Waals surface area (Å²) >= 11 is 0. The van der Waals surface area contributed by atoms with E-state index in [1.165, 1.54) is 12.7 Å². The van der Waals surface area contributed by atoms with E-state index in [2.05, 4.69) is 20.5 Å². The molecule has 1 amide bonds. The van der Waals surface area contributed by atoms with Crippen molar-refractivity contribution in [1.82, 2.24) is 20.5 Å². The summed E-state index contributed by atoms with van der Waals surface area (Å²) in [5.74, 6) is -0.0465. The molecular weight excluding hydrogens is 220 g/mol. The van der Waals surface area contributed by atoms with E-state index in [1.807, 2.05) is 0 Å². The fourth-order valence-corrected chi connectivity index (χ4v) is 2.36. The molecule has 0 bridgehead atoms. The predicted molar refractivity (Wildman–Crippen MR) is 61.3 cm³/mol. The van der Waals surface area contributed by atoms with Crippen LogP contribution in [0.1, 0.15) is 42.7 Å². The third kappa shape index (κ3) is 2.82. The first kappa shape index (κ1) is 12.0. The molecule has 1 heterocycles. The Balaban J connectivity index is 1.89. The quantitative estimate of drug-likeness (QED) is 0.711. The first-order valence-corrected chi connectivity index (χ1v) is 6.00. The maximum absolute atomic E-state index is 11.7. The molecule has 1 aromatic rings. The van der Waals surface area contributed by atoms with E-state index in [9.17, 15) is 9.90 Å². The number of rotatable bonds is 4. The van der Waals surface area contributed by atoms with E-state index in [4.69, 9.17) is 0 Å². The monoisotopic (exact) mass is 238 g/mol. The lowest BCUT2D eigenvalue weighted by atomic mass is 9.74. The van der Waals surface area contributed by atoms with Crippen molar-refractivity contribution >= 4 is 5.91 Å². The number of hydrogen-bond donors (Lipinski definition) is 3. The molecule has 1 saturated carbocycles. The van der Waals surface area contributed by atoms with Gasteiger partial charge in [0.2, 0.25) is 5.82 Å². The minimum atomic E-state index is -0.263. The minimum Gasteiger partial charge on any atom is -0.396 e. The van der Waals surface area contributed by atoms with Crippen molar-refractivity contribution in [2.24, 2.45) is 5.41 Å². The Morgan fingerprint density at radius 1 is 1.47 bits per heavy atom. The number of nitrogens with one attached hydrogen (secondary N) is 2. The lowest BCUT2D eigenvalue weighted by molar-refractivity contribution is 0.0713. The van der Waals surface area contributed by atoms with Gasteiger partial charge in [0, 0.05) is 12.0 Å². The van der Waals surface area contributed by atoms with Crippen molar-refractivity contribution in [3.63, 3.8) is 0 Å². The minimum absolute atomic E-state index is 0.129. The molecule has 17 heavy (non-hydrogen) atoms. The highest BCUT2D eigenvalue weighted by molar-refractivity contribution is 5.90. The fraction of sp³-hybridized carbons (Fsp3) is 0.727. The van der Waals surface area contributed by atoms with E-state index < -0.39 is 0 Å². The van der Waals surface area contributed by atoms with Gasteiger partial charge in [-0.05, 0) is 12.8 Å². The van der Waals surface area contributed by atoms with Gasteiger partial charge in [0.25, 0.3) is 5.91 Å². The van der Waals surface area contributed by atoms with Crippen LogP contribution in [-0.2, 0) is 0 Å². The van der Waals surface area contributed by atoms with Gasteiger partial charge >= 0.3 is 0 Å². The molecule has 0 saturated heterocycles. The van der Waals surface area contributed by atoms with Crippen LogP contribution in [0.15, 0.2) is 6.33 Å². The number of aliphatic hydroxyl groups is 1. The number of nitrogens with zero attached hydrogens (tertiary/aromatic N) is 2. The summed E-state index contributed by atoms with van der Waals surface area (Å²) in [5, 5.41) is 18.5. The van der Waals surface area contributed by atoms with E-state index in [0.717, 1.165) is 25.7 Å². The van der Waals surface area contributed by atoms with Crippen molar-refractivity contribution in [3.05, 3.63) is 12.2 Å². The molecule has 2 rings (SSSR count). The highest BCUT2D eigenvalue weighted by Gasteiger charge is 2.31. The molecule has 0 spiro atoms. The van der Waals surface area contributed by atoms with Gasteiger partial charge in [0.05, 0.1) is 6.61 Å². The highest BCUT2D eigenvalue weighted by Crippen LogP contribution is 2.35. The van der Waals surface area contributed by atoms with Crippen LogP contribution in [0.2, 0.25) is 0 Å². The summed E-state index contributed by atoms with van der Waals surface area (Å²) in [6, 6.07) is 0. The molecule has 0 radical (unpaired) electrons. The Morgan fingerprint density at radius 2 is 2.24 bits per heavy atom. The average Bonchev–Trinajstić information content (AvgIpc) is 2.91. The van der Waals surface area contributed by atoms with Crippen molar-refractivity contribution in [2.45, 2.75) is 32.1 Å². The van der Waals surface area contributed by atoms with Crippen molar-refractivity contribution in [2.75, 3.05) is 13.2 Å². The zero-order valence-corrected chi connectivity index (χ0v) is 9.78.